The van der Waals surface area contributed by atoms with E-state index in [1.54, 1.807) is 36.8 Å². The lowest BCUT2D eigenvalue weighted by Crippen LogP contribution is -2.13. The number of nitro benzene ring substituents is 1. The number of nitro groups is 1. The number of rotatable bonds is 5. The molecule has 0 saturated heterocycles. The minimum Gasteiger partial charge on any atom is -0.455 e. The number of nitrogens with one attached hydrogen (secondary N) is 1. The summed E-state index contributed by atoms with van der Waals surface area (Å²) in [7, 11) is 0. The van der Waals surface area contributed by atoms with Gasteiger partial charge in [0.2, 0.25) is 0 Å². The summed E-state index contributed by atoms with van der Waals surface area (Å²) in [6.07, 6.45) is 6.27. The number of fused-ring (bicyclic) bond motifs is 1. The van der Waals surface area contributed by atoms with Crippen LogP contribution in [-0.4, -0.2) is 30.4 Å². The maximum atomic E-state index is 12.7. The summed E-state index contributed by atoms with van der Waals surface area (Å²) in [5.74, 6) is 0.0212. The Balaban J connectivity index is 1.65. The Morgan fingerprint density at radius 3 is 2.79 bits per heavy atom. The van der Waals surface area contributed by atoms with Crippen molar-refractivity contribution in [3.63, 3.8) is 0 Å². The van der Waals surface area contributed by atoms with Gasteiger partial charge in [0.15, 0.2) is 11.3 Å². The zero-order valence-corrected chi connectivity index (χ0v) is 16.1. The molecule has 0 aliphatic carbocycles. The topological polar surface area (TPSA) is 125 Å². The van der Waals surface area contributed by atoms with E-state index in [-0.39, 0.29) is 22.8 Å². The zero-order chi connectivity index (χ0) is 20.4. The Morgan fingerprint density at radius 2 is 2.07 bits per heavy atom. The third-order valence-electron chi connectivity index (χ3n) is 3.78. The van der Waals surface area contributed by atoms with E-state index in [0.29, 0.717) is 15.9 Å². The standard InChI is InChI=1S/C18H11BrN6O4/c19-15-16(23-24-6-2-5-21-17(15)24)18(26)22-11-7-12(25(27)28)9-14(8-11)29-13-3-1-4-20-10-13/h1-10H,(H,22,26). The van der Waals surface area contributed by atoms with Crippen molar-refractivity contribution < 1.29 is 14.5 Å². The highest BCUT2D eigenvalue weighted by molar-refractivity contribution is 9.10. The minimum atomic E-state index is -0.573. The summed E-state index contributed by atoms with van der Waals surface area (Å²) in [4.78, 5) is 31.5. The molecule has 0 bridgehead atoms. The Labute approximate surface area is 171 Å². The van der Waals surface area contributed by atoms with E-state index in [0.717, 1.165) is 0 Å². The van der Waals surface area contributed by atoms with Crippen molar-refractivity contribution in [2.24, 2.45) is 0 Å². The Morgan fingerprint density at radius 1 is 1.21 bits per heavy atom. The molecule has 4 rings (SSSR count). The van der Waals surface area contributed by atoms with Gasteiger partial charge in [-0.15, -0.1) is 0 Å². The van der Waals surface area contributed by atoms with Crippen LogP contribution in [0.2, 0.25) is 0 Å². The van der Waals surface area contributed by atoms with Gasteiger partial charge in [-0.25, -0.2) is 9.50 Å². The van der Waals surface area contributed by atoms with Crippen molar-refractivity contribution in [1.29, 1.82) is 0 Å². The largest absolute Gasteiger partial charge is 0.455 e. The van der Waals surface area contributed by atoms with Gasteiger partial charge in [-0.05, 0) is 34.1 Å². The molecule has 1 amide bonds. The number of nitrogens with zero attached hydrogens (tertiary/aromatic N) is 5. The van der Waals surface area contributed by atoms with Gasteiger partial charge >= 0.3 is 0 Å². The summed E-state index contributed by atoms with van der Waals surface area (Å²) < 4.78 is 7.47. The smallest absolute Gasteiger partial charge is 0.277 e. The number of pyridine rings is 1. The van der Waals surface area contributed by atoms with Crippen molar-refractivity contribution >= 4 is 38.9 Å². The molecule has 0 atom stereocenters. The maximum absolute atomic E-state index is 12.7. The molecule has 29 heavy (non-hydrogen) atoms. The normalized spacial score (nSPS) is 10.7. The van der Waals surface area contributed by atoms with E-state index in [1.165, 1.54) is 28.9 Å². The molecule has 3 aromatic heterocycles. The molecule has 3 heterocycles. The Bertz CT molecular complexity index is 1230. The van der Waals surface area contributed by atoms with Crippen molar-refractivity contribution in [2.75, 3.05) is 5.32 Å². The van der Waals surface area contributed by atoms with Gasteiger partial charge in [0.05, 0.1) is 27.3 Å². The number of anilines is 1. The zero-order valence-electron chi connectivity index (χ0n) is 14.5. The number of ether oxygens (including phenoxy) is 1. The summed E-state index contributed by atoms with van der Waals surface area (Å²) in [5.41, 5.74) is 0.500. The van der Waals surface area contributed by atoms with Crippen LogP contribution >= 0.6 is 15.9 Å². The van der Waals surface area contributed by atoms with Gasteiger partial charge in [-0.3, -0.25) is 19.9 Å². The number of benzene rings is 1. The molecule has 0 radical (unpaired) electrons. The SMILES string of the molecule is O=C(Nc1cc(Oc2cccnc2)cc([N+](=O)[O-])c1)c1nn2cccnc2c1Br. The molecule has 11 heteroatoms. The molecule has 1 N–H and O–H groups in total. The highest BCUT2D eigenvalue weighted by Crippen LogP contribution is 2.30. The van der Waals surface area contributed by atoms with Crippen LogP contribution in [0.4, 0.5) is 11.4 Å². The highest BCUT2D eigenvalue weighted by atomic mass is 79.9. The number of halogens is 1. The summed E-state index contributed by atoms with van der Waals surface area (Å²) in [6, 6.07) is 8.97. The first kappa shape index (κ1) is 18.5. The van der Waals surface area contributed by atoms with Crippen LogP contribution in [0.1, 0.15) is 10.5 Å². The molecule has 0 unspecified atom stereocenters. The van der Waals surface area contributed by atoms with Gasteiger partial charge in [0, 0.05) is 30.7 Å². The number of hydrogen-bond acceptors (Lipinski definition) is 7. The van der Waals surface area contributed by atoms with E-state index in [2.05, 4.69) is 36.3 Å². The Hall–Kier alpha value is -3.86. The minimum absolute atomic E-state index is 0.0879. The first-order valence-electron chi connectivity index (χ1n) is 8.19. The van der Waals surface area contributed by atoms with Crippen molar-refractivity contribution in [3.8, 4) is 11.5 Å². The lowest BCUT2D eigenvalue weighted by Gasteiger charge is -2.08. The van der Waals surface area contributed by atoms with Gasteiger partial charge < -0.3 is 10.1 Å². The van der Waals surface area contributed by atoms with Gasteiger partial charge in [0.1, 0.15) is 11.5 Å². The summed E-state index contributed by atoms with van der Waals surface area (Å²) in [6.45, 7) is 0. The Kier molecular flexibility index (Phi) is 4.87. The van der Waals surface area contributed by atoms with Crippen molar-refractivity contribution in [2.45, 2.75) is 0 Å². The van der Waals surface area contributed by atoms with Crippen LogP contribution in [0.25, 0.3) is 5.65 Å². The van der Waals surface area contributed by atoms with E-state index >= 15 is 0 Å². The lowest BCUT2D eigenvalue weighted by molar-refractivity contribution is -0.384. The summed E-state index contributed by atoms with van der Waals surface area (Å²) >= 11 is 3.32. The number of non-ortho nitro benzene ring substituents is 1. The van der Waals surface area contributed by atoms with Crippen LogP contribution in [0.5, 0.6) is 11.5 Å². The third-order valence-corrected chi connectivity index (χ3v) is 4.51. The molecule has 144 valence electrons. The quantitative estimate of drug-likeness (QED) is 0.358. The molecule has 0 aliphatic heterocycles. The van der Waals surface area contributed by atoms with E-state index in [4.69, 9.17) is 4.74 Å². The third kappa shape index (κ3) is 3.89. The molecule has 1 aromatic carbocycles. The van der Waals surface area contributed by atoms with Crippen LogP contribution in [0.15, 0.2) is 65.7 Å². The molecule has 0 aliphatic rings. The molecule has 10 nitrogen and oxygen atoms in total. The monoisotopic (exact) mass is 454 g/mol. The second kappa shape index (κ2) is 7.64. The van der Waals surface area contributed by atoms with Crippen molar-refractivity contribution in [3.05, 3.63) is 81.5 Å². The second-order valence-corrected chi connectivity index (χ2v) is 6.56. The summed E-state index contributed by atoms with van der Waals surface area (Å²) in [5, 5.41) is 18.1. The molecular weight excluding hydrogens is 444 g/mol. The van der Waals surface area contributed by atoms with Crippen LogP contribution in [0.3, 0.4) is 0 Å². The van der Waals surface area contributed by atoms with Gasteiger partial charge in [-0.1, -0.05) is 0 Å². The maximum Gasteiger partial charge on any atom is 0.277 e. The van der Waals surface area contributed by atoms with E-state index in [9.17, 15) is 14.9 Å². The predicted molar refractivity (Wildman–Crippen MR) is 106 cm³/mol. The number of hydrogen-bond donors (Lipinski definition) is 1. The average molecular weight is 455 g/mol. The van der Waals surface area contributed by atoms with Crippen LogP contribution in [-0.2, 0) is 0 Å². The van der Waals surface area contributed by atoms with Crippen LogP contribution in [0, 0.1) is 10.1 Å². The lowest BCUT2D eigenvalue weighted by atomic mass is 10.2. The first-order chi connectivity index (χ1) is 14.0. The van der Waals surface area contributed by atoms with Gasteiger partial charge in [-0.2, -0.15) is 5.10 Å². The van der Waals surface area contributed by atoms with Gasteiger partial charge in [0.25, 0.3) is 11.6 Å². The molecule has 4 aromatic rings. The molecular formula is C18H11BrN6O4. The number of carbonyl (C=O) groups is 1. The molecule has 0 saturated carbocycles. The number of aromatic nitrogens is 4. The fraction of sp³-hybridized carbons (Fsp3) is 0. The molecule has 0 spiro atoms. The van der Waals surface area contributed by atoms with Crippen molar-refractivity contribution in [1.82, 2.24) is 19.6 Å². The van der Waals surface area contributed by atoms with E-state index < -0.39 is 10.8 Å². The molecule has 0 fully saturated rings. The average Bonchev–Trinajstić information content (AvgIpc) is 3.05. The fourth-order valence-corrected chi connectivity index (χ4v) is 3.10. The fourth-order valence-electron chi connectivity index (χ4n) is 2.56. The second-order valence-electron chi connectivity index (χ2n) is 5.77. The highest BCUT2D eigenvalue weighted by Gasteiger charge is 2.20. The van der Waals surface area contributed by atoms with Crippen LogP contribution < -0.4 is 10.1 Å². The number of amides is 1. The predicted octanol–water partition coefficient (Wildman–Crippen LogP) is 3.84. The first-order valence-corrected chi connectivity index (χ1v) is 8.98. The van der Waals surface area contributed by atoms with E-state index in [1.807, 2.05) is 0 Å². The number of carbonyl (C=O) groups excluding carboxylic acids is 1.